The zero-order valence-electron chi connectivity index (χ0n) is 7.20. The lowest BCUT2D eigenvalue weighted by Crippen LogP contribution is -1.91. The normalized spacial score (nSPS) is 8.38. The van der Waals surface area contributed by atoms with Gasteiger partial charge in [-0.2, -0.15) is 0 Å². The van der Waals surface area contributed by atoms with Crippen molar-refractivity contribution in [3.8, 4) is 11.8 Å². The molecule has 0 aliphatic heterocycles. The van der Waals surface area contributed by atoms with Crippen molar-refractivity contribution in [2.75, 3.05) is 0 Å². The van der Waals surface area contributed by atoms with Gasteiger partial charge in [-0.15, -0.1) is 0 Å². The Kier molecular flexibility index (Phi) is 2.99. The Bertz CT molecular complexity index is 394. The SMILES string of the molecule is CC(=O)c1cccc(C#CC=O)c1. The molecule has 0 N–H and O–H groups in total. The van der Waals surface area contributed by atoms with E-state index in [2.05, 4.69) is 11.8 Å². The van der Waals surface area contributed by atoms with Gasteiger partial charge in [0.15, 0.2) is 12.1 Å². The van der Waals surface area contributed by atoms with Gasteiger partial charge in [0, 0.05) is 11.1 Å². The maximum atomic E-state index is 11.0. The van der Waals surface area contributed by atoms with Gasteiger partial charge < -0.3 is 0 Å². The maximum Gasteiger partial charge on any atom is 0.193 e. The third kappa shape index (κ3) is 2.57. The summed E-state index contributed by atoms with van der Waals surface area (Å²) in [6.07, 6.45) is 0.528. The van der Waals surface area contributed by atoms with E-state index in [4.69, 9.17) is 0 Å². The lowest BCUT2D eigenvalue weighted by atomic mass is 10.1. The number of rotatable bonds is 1. The summed E-state index contributed by atoms with van der Waals surface area (Å²) in [6.45, 7) is 1.49. The molecule has 0 unspecified atom stereocenters. The second-order valence-corrected chi connectivity index (χ2v) is 2.52. The molecule has 0 saturated carbocycles. The van der Waals surface area contributed by atoms with Gasteiger partial charge in [-0.1, -0.05) is 18.1 Å². The third-order valence-corrected chi connectivity index (χ3v) is 1.54. The Labute approximate surface area is 76.6 Å². The van der Waals surface area contributed by atoms with Crippen molar-refractivity contribution in [2.24, 2.45) is 0 Å². The first-order valence-electron chi connectivity index (χ1n) is 3.80. The predicted octanol–water partition coefficient (Wildman–Crippen LogP) is 1.44. The Hall–Kier alpha value is -1.88. The second kappa shape index (κ2) is 4.22. The number of carbonyl (C=O) groups is 2. The highest BCUT2D eigenvalue weighted by atomic mass is 16.1. The Morgan fingerprint density at radius 3 is 2.85 bits per heavy atom. The van der Waals surface area contributed by atoms with Crippen molar-refractivity contribution in [2.45, 2.75) is 6.92 Å². The van der Waals surface area contributed by atoms with E-state index in [1.54, 1.807) is 24.3 Å². The summed E-state index contributed by atoms with van der Waals surface area (Å²) in [7, 11) is 0. The summed E-state index contributed by atoms with van der Waals surface area (Å²) in [6, 6.07) is 6.88. The van der Waals surface area contributed by atoms with E-state index in [0.717, 1.165) is 0 Å². The van der Waals surface area contributed by atoms with Gasteiger partial charge in [-0.3, -0.25) is 9.59 Å². The molecular formula is C11H8O2. The van der Waals surface area contributed by atoms with Crippen LogP contribution in [-0.2, 0) is 4.79 Å². The van der Waals surface area contributed by atoms with Crippen molar-refractivity contribution in [1.82, 2.24) is 0 Å². The molecule has 2 heteroatoms. The van der Waals surface area contributed by atoms with E-state index >= 15 is 0 Å². The smallest absolute Gasteiger partial charge is 0.193 e. The van der Waals surface area contributed by atoms with Gasteiger partial charge in [0.1, 0.15) is 0 Å². The third-order valence-electron chi connectivity index (χ3n) is 1.54. The highest BCUT2D eigenvalue weighted by molar-refractivity contribution is 5.94. The van der Waals surface area contributed by atoms with Crippen LogP contribution in [0.1, 0.15) is 22.8 Å². The molecular weight excluding hydrogens is 164 g/mol. The van der Waals surface area contributed by atoms with E-state index in [1.807, 2.05) is 0 Å². The molecule has 0 saturated heterocycles. The monoisotopic (exact) mass is 172 g/mol. The molecule has 0 bridgehead atoms. The van der Waals surface area contributed by atoms with Crippen molar-refractivity contribution >= 4 is 12.1 Å². The van der Waals surface area contributed by atoms with Gasteiger partial charge >= 0.3 is 0 Å². The van der Waals surface area contributed by atoms with Crippen LogP contribution in [0.15, 0.2) is 24.3 Å². The average molecular weight is 172 g/mol. The van der Waals surface area contributed by atoms with Crippen LogP contribution in [0.5, 0.6) is 0 Å². The second-order valence-electron chi connectivity index (χ2n) is 2.52. The Morgan fingerprint density at radius 1 is 1.46 bits per heavy atom. The van der Waals surface area contributed by atoms with E-state index in [9.17, 15) is 9.59 Å². The highest BCUT2D eigenvalue weighted by Gasteiger charge is 1.97. The zero-order chi connectivity index (χ0) is 9.68. The van der Waals surface area contributed by atoms with Crippen LogP contribution in [0.4, 0.5) is 0 Å². The van der Waals surface area contributed by atoms with Crippen molar-refractivity contribution in [1.29, 1.82) is 0 Å². The summed E-state index contributed by atoms with van der Waals surface area (Å²) < 4.78 is 0. The number of hydrogen-bond acceptors (Lipinski definition) is 2. The summed E-state index contributed by atoms with van der Waals surface area (Å²) in [5.41, 5.74) is 1.29. The minimum atomic E-state index is -0.00486. The number of ketones is 1. The van der Waals surface area contributed by atoms with Crippen LogP contribution < -0.4 is 0 Å². The molecule has 13 heavy (non-hydrogen) atoms. The molecule has 0 heterocycles. The summed E-state index contributed by atoms with van der Waals surface area (Å²) in [4.78, 5) is 20.9. The fourth-order valence-electron chi connectivity index (χ4n) is 0.929. The first-order chi connectivity index (χ1) is 6.24. The number of benzene rings is 1. The number of hydrogen-bond donors (Lipinski definition) is 0. The van der Waals surface area contributed by atoms with Gasteiger partial charge in [-0.05, 0) is 25.0 Å². The Balaban J connectivity index is 3.05. The standard InChI is InChI=1S/C11H8O2/c1-9(13)11-6-2-4-10(8-11)5-3-7-12/h2,4,6-8H,1H3. The average Bonchev–Trinajstić information content (AvgIpc) is 2.15. The van der Waals surface area contributed by atoms with Crippen molar-refractivity contribution < 1.29 is 9.59 Å². The van der Waals surface area contributed by atoms with E-state index in [-0.39, 0.29) is 5.78 Å². The first-order valence-corrected chi connectivity index (χ1v) is 3.80. The van der Waals surface area contributed by atoms with Crippen LogP contribution in [0.25, 0.3) is 0 Å². The molecule has 0 aliphatic carbocycles. The summed E-state index contributed by atoms with van der Waals surface area (Å²) in [5, 5.41) is 0. The topological polar surface area (TPSA) is 34.1 Å². The Morgan fingerprint density at radius 2 is 2.23 bits per heavy atom. The number of carbonyl (C=O) groups excluding carboxylic acids is 2. The molecule has 0 fully saturated rings. The molecule has 1 aromatic carbocycles. The molecule has 0 amide bonds. The molecule has 2 nitrogen and oxygen atoms in total. The van der Waals surface area contributed by atoms with Crippen LogP contribution >= 0.6 is 0 Å². The molecule has 0 aliphatic rings. The predicted molar refractivity (Wildman–Crippen MR) is 49.4 cm³/mol. The van der Waals surface area contributed by atoms with Crippen LogP contribution in [0, 0.1) is 11.8 Å². The molecule has 1 aromatic rings. The summed E-state index contributed by atoms with van der Waals surface area (Å²) in [5.74, 6) is 4.90. The molecule has 0 aromatic heterocycles. The van der Waals surface area contributed by atoms with Gasteiger partial charge in [0.2, 0.25) is 0 Å². The largest absolute Gasteiger partial charge is 0.295 e. The first kappa shape index (κ1) is 9.21. The van der Waals surface area contributed by atoms with Crippen molar-refractivity contribution in [3.63, 3.8) is 0 Å². The zero-order valence-corrected chi connectivity index (χ0v) is 7.20. The van der Waals surface area contributed by atoms with Crippen LogP contribution in [-0.4, -0.2) is 12.1 Å². The molecule has 0 spiro atoms. The quantitative estimate of drug-likeness (QED) is 0.365. The molecule has 1 rings (SSSR count). The lowest BCUT2D eigenvalue weighted by molar-refractivity contribution is -0.103. The molecule has 0 atom stereocenters. The van der Waals surface area contributed by atoms with E-state index in [1.165, 1.54) is 6.92 Å². The number of Topliss-reactive ketones (excluding diaryl/α,β-unsaturated/α-hetero) is 1. The number of aldehydes is 1. The lowest BCUT2D eigenvalue weighted by Gasteiger charge is -1.94. The van der Waals surface area contributed by atoms with Crippen LogP contribution in [0.3, 0.4) is 0 Å². The molecule has 0 radical (unpaired) electrons. The van der Waals surface area contributed by atoms with E-state index < -0.39 is 0 Å². The minimum Gasteiger partial charge on any atom is -0.295 e. The van der Waals surface area contributed by atoms with E-state index in [0.29, 0.717) is 17.4 Å². The van der Waals surface area contributed by atoms with Crippen LogP contribution in [0.2, 0.25) is 0 Å². The fourth-order valence-corrected chi connectivity index (χ4v) is 0.929. The highest BCUT2D eigenvalue weighted by Crippen LogP contribution is 2.04. The summed E-state index contributed by atoms with van der Waals surface area (Å²) >= 11 is 0. The van der Waals surface area contributed by atoms with Crippen molar-refractivity contribution in [3.05, 3.63) is 35.4 Å². The molecule has 64 valence electrons. The maximum absolute atomic E-state index is 11.0. The minimum absolute atomic E-state index is 0.00486. The van der Waals surface area contributed by atoms with Gasteiger partial charge in [-0.25, -0.2) is 0 Å². The van der Waals surface area contributed by atoms with Gasteiger partial charge in [0.25, 0.3) is 0 Å². The fraction of sp³-hybridized carbons (Fsp3) is 0.0909. The van der Waals surface area contributed by atoms with Gasteiger partial charge in [0.05, 0.1) is 0 Å².